The summed E-state index contributed by atoms with van der Waals surface area (Å²) in [6, 6.07) is -0.711. The van der Waals surface area contributed by atoms with Gasteiger partial charge in [-0.15, -0.1) is 0 Å². The number of nitrogens with zero attached hydrogens (tertiary/aromatic N) is 3. The Morgan fingerprint density at radius 3 is 2.76 bits per heavy atom. The number of aromatic nitrogens is 2. The molecule has 3 aliphatic heterocycles. The highest BCUT2D eigenvalue weighted by Crippen LogP contribution is 2.37. The van der Waals surface area contributed by atoms with Gasteiger partial charge in [-0.2, -0.15) is 0 Å². The van der Waals surface area contributed by atoms with Gasteiger partial charge in [-0.3, -0.25) is 4.79 Å². The summed E-state index contributed by atoms with van der Waals surface area (Å²) in [5, 5.41) is 0. The van der Waals surface area contributed by atoms with Crippen LogP contribution in [-0.2, 0) is 19.6 Å². The maximum atomic E-state index is 13.0. The van der Waals surface area contributed by atoms with Crippen molar-refractivity contribution in [1.82, 2.24) is 19.6 Å². The Morgan fingerprint density at radius 1 is 1.21 bits per heavy atom. The highest BCUT2D eigenvalue weighted by Gasteiger charge is 2.37. The number of hydrogen-bond donors (Lipinski definition) is 1. The quantitative estimate of drug-likeness (QED) is 0.748. The van der Waals surface area contributed by atoms with Crippen LogP contribution in [0.3, 0.4) is 0 Å². The smallest absolute Gasteiger partial charge is 0.260 e. The second kappa shape index (κ2) is 8.53. The summed E-state index contributed by atoms with van der Waals surface area (Å²) in [4.78, 5) is 23.1. The van der Waals surface area contributed by atoms with E-state index in [9.17, 15) is 13.2 Å². The van der Waals surface area contributed by atoms with Gasteiger partial charge in [0.05, 0.1) is 25.0 Å². The Labute approximate surface area is 171 Å². The van der Waals surface area contributed by atoms with Crippen molar-refractivity contribution in [2.24, 2.45) is 0 Å². The highest BCUT2D eigenvalue weighted by molar-refractivity contribution is 7.88. The lowest BCUT2D eigenvalue weighted by molar-refractivity contribution is -0.140. The van der Waals surface area contributed by atoms with Gasteiger partial charge in [0.2, 0.25) is 15.9 Å². The molecule has 0 spiro atoms. The third-order valence-corrected chi connectivity index (χ3v) is 6.85. The van der Waals surface area contributed by atoms with Crippen molar-refractivity contribution in [1.29, 1.82) is 0 Å². The maximum Gasteiger partial charge on any atom is 0.260 e. The Kier molecular flexibility index (Phi) is 6.03. The summed E-state index contributed by atoms with van der Waals surface area (Å²) in [5.41, 5.74) is 0.949. The highest BCUT2D eigenvalue weighted by atomic mass is 32.2. The first-order valence-corrected chi connectivity index (χ1v) is 12.1. The lowest BCUT2D eigenvalue weighted by Gasteiger charge is -2.41. The van der Waals surface area contributed by atoms with E-state index in [0.717, 1.165) is 43.9 Å². The van der Waals surface area contributed by atoms with Gasteiger partial charge < -0.3 is 14.4 Å². The van der Waals surface area contributed by atoms with Gasteiger partial charge in [0.15, 0.2) is 6.61 Å². The van der Waals surface area contributed by atoms with E-state index in [2.05, 4.69) is 14.7 Å². The Hall–Kier alpha value is -1.78. The normalized spacial score (nSPS) is 30.9. The molecule has 2 bridgehead atoms. The maximum absolute atomic E-state index is 13.0. The number of ether oxygens (including phenoxy) is 2. The number of piperidine rings is 1. The molecular weight excluding hydrogens is 396 g/mol. The van der Waals surface area contributed by atoms with Crippen LogP contribution in [0.25, 0.3) is 0 Å². The molecule has 160 valence electrons. The van der Waals surface area contributed by atoms with Crippen LogP contribution in [-0.4, -0.2) is 73.4 Å². The first-order chi connectivity index (χ1) is 13.9. The van der Waals surface area contributed by atoms with Gasteiger partial charge in [0, 0.05) is 24.3 Å². The fraction of sp³-hybridized carbons (Fsp3) is 0.737. The average Bonchev–Trinajstić information content (AvgIpc) is 2.71. The summed E-state index contributed by atoms with van der Waals surface area (Å²) in [6.07, 6.45) is 9.58. The molecule has 1 amide bonds. The number of rotatable bonds is 2. The molecule has 1 saturated heterocycles. The summed E-state index contributed by atoms with van der Waals surface area (Å²) in [6.45, 7) is 0.741. The fourth-order valence-electron chi connectivity index (χ4n) is 4.70. The second-order valence-electron chi connectivity index (χ2n) is 8.17. The Bertz CT molecular complexity index is 841. The minimum atomic E-state index is -3.39. The number of carbonyl (C=O) groups is 1. The van der Waals surface area contributed by atoms with E-state index in [4.69, 9.17) is 9.47 Å². The first-order valence-electron chi connectivity index (χ1n) is 10.2. The van der Waals surface area contributed by atoms with Crippen molar-refractivity contribution < 1.29 is 22.7 Å². The fourth-order valence-corrected chi connectivity index (χ4v) is 5.53. The van der Waals surface area contributed by atoms with Crippen molar-refractivity contribution in [3.8, 4) is 5.88 Å². The minimum Gasteiger partial charge on any atom is -0.467 e. The molecule has 1 aromatic rings. The molecule has 4 heterocycles. The second-order valence-corrected chi connectivity index (χ2v) is 9.95. The molecule has 2 fully saturated rings. The van der Waals surface area contributed by atoms with Gasteiger partial charge in [0.1, 0.15) is 6.33 Å². The average molecular weight is 425 g/mol. The van der Waals surface area contributed by atoms with Crippen molar-refractivity contribution in [2.45, 2.75) is 62.6 Å². The summed E-state index contributed by atoms with van der Waals surface area (Å²) in [7, 11) is -3.39. The van der Waals surface area contributed by atoms with E-state index in [1.807, 2.05) is 0 Å². The Balaban J connectivity index is 1.61. The van der Waals surface area contributed by atoms with Gasteiger partial charge in [-0.05, 0) is 44.4 Å². The molecule has 0 radical (unpaired) electrons. The Morgan fingerprint density at radius 2 is 2.00 bits per heavy atom. The number of fused-ring (bicyclic) bond motifs is 5. The van der Waals surface area contributed by atoms with E-state index in [1.54, 1.807) is 11.1 Å². The molecule has 4 aliphatic rings. The number of amides is 1. The zero-order chi connectivity index (χ0) is 20.4. The molecule has 10 heteroatoms. The molecule has 29 heavy (non-hydrogen) atoms. The lowest BCUT2D eigenvalue weighted by Crippen LogP contribution is -2.59. The number of carbonyl (C=O) groups excluding carboxylic acids is 1. The van der Waals surface area contributed by atoms with Crippen LogP contribution < -0.4 is 9.46 Å². The zero-order valence-electron chi connectivity index (χ0n) is 16.6. The van der Waals surface area contributed by atoms with Crippen LogP contribution in [0.15, 0.2) is 12.5 Å². The topological polar surface area (TPSA) is 111 Å². The summed E-state index contributed by atoms with van der Waals surface area (Å²) >= 11 is 0. The monoisotopic (exact) mass is 424 g/mol. The van der Waals surface area contributed by atoms with Crippen LogP contribution >= 0.6 is 0 Å². The van der Waals surface area contributed by atoms with Crippen LogP contribution in [0.5, 0.6) is 5.88 Å². The first kappa shape index (κ1) is 20.5. The molecule has 2 atom stereocenters. The number of sulfonamides is 1. The van der Waals surface area contributed by atoms with Crippen molar-refractivity contribution >= 4 is 15.9 Å². The molecule has 2 unspecified atom stereocenters. The molecule has 5 rings (SSSR count). The zero-order valence-corrected chi connectivity index (χ0v) is 17.4. The van der Waals surface area contributed by atoms with E-state index in [1.165, 1.54) is 6.33 Å². The van der Waals surface area contributed by atoms with Crippen molar-refractivity contribution in [3.63, 3.8) is 0 Å². The molecule has 1 saturated carbocycles. The van der Waals surface area contributed by atoms with Gasteiger partial charge in [0.25, 0.3) is 5.91 Å². The third-order valence-electron chi connectivity index (χ3n) is 6.12. The molecule has 1 aromatic heterocycles. The van der Waals surface area contributed by atoms with Crippen molar-refractivity contribution in [3.05, 3.63) is 18.1 Å². The molecule has 0 aromatic carbocycles. The molecule has 9 nitrogen and oxygen atoms in total. The van der Waals surface area contributed by atoms with Gasteiger partial charge in [-0.25, -0.2) is 23.1 Å². The van der Waals surface area contributed by atoms with Crippen LogP contribution in [0.4, 0.5) is 0 Å². The van der Waals surface area contributed by atoms with Crippen LogP contribution in [0.1, 0.15) is 50.0 Å². The molecule has 1 aliphatic carbocycles. The van der Waals surface area contributed by atoms with Gasteiger partial charge in [-0.1, -0.05) is 0 Å². The lowest BCUT2D eigenvalue weighted by atomic mass is 9.83. The standard InChI is InChI=1S/C19H28N4O5S/c1-29(25,26)22-16-3-2-8-23-17(16)10-27-14-6-4-13(5-7-14)15-9-20-12-21-19(15)28-11-18(23)24/h9,12-14,16-17,22H,2-8,10-11H2,1H3. The third kappa shape index (κ3) is 4.87. The van der Waals surface area contributed by atoms with Crippen LogP contribution in [0, 0.1) is 0 Å². The SMILES string of the molecule is CS(=O)(=O)NC1CCCN2C(=O)COc3ncncc3C3CCC(CC3)OCC12. The predicted octanol–water partition coefficient (Wildman–Crippen LogP) is 0.821. The minimum absolute atomic E-state index is 0.110. The van der Waals surface area contributed by atoms with E-state index in [-0.39, 0.29) is 30.7 Å². The molecule has 1 N–H and O–H groups in total. The number of hydrogen-bond acceptors (Lipinski definition) is 7. The largest absolute Gasteiger partial charge is 0.467 e. The van der Waals surface area contributed by atoms with E-state index in [0.29, 0.717) is 31.4 Å². The predicted molar refractivity (Wildman–Crippen MR) is 105 cm³/mol. The van der Waals surface area contributed by atoms with E-state index < -0.39 is 10.0 Å². The van der Waals surface area contributed by atoms with E-state index >= 15 is 0 Å². The van der Waals surface area contributed by atoms with Crippen LogP contribution in [0.2, 0.25) is 0 Å². The summed E-state index contributed by atoms with van der Waals surface area (Å²) < 4.78 is 38.4. The van der Waals surface area contributed by atoms with Gasteiger partial charge >= 0.3 is 0 Å². The summed E-state index contributed by atoms with van der Waals surface area (Å²) in [5.74, 6) is 0.579. The van der Waals surface area contributed by atoms with Crippen molar-refractivity contribution in [2.75, 3.05) is 26.0 Å². The molecular formula is C19H28N4O5S. The number of nitrogens with one attached hydrogen (secondary N) is 1.